The van der Waals surface area contributed by atoms with E-state index in [1.807, 2.05) is 19.5 Å². The summed E-state index contributed by atoms with van der Waals surface area (Å²) in [6.45, 7) is 6.00. The third-order valence-corrected chi connectivity index (χ3v) is 3.68. The number of thiophene rings is 1. The van der Waals surface area contributed by atoms with Crippen molar-refractivity contribution in [2.24, 2.45) is 5.92 Å². The first-order valence-electron chi connectivity index (χ1n) is 6.00. The maximum absolute atomic E-state index is 10.6. The molecule has 6 heteroatoms. The standard InChI is InChI=1S/C12H21N3O2S/c1-9(2)11(7-14(3)4)13-6-10-5-12(15(16)17)18-8-10/h5,8-9,11,13H,6-7H2,1-4H3. The fourth-order valence-corrected chi connectivity index (χ4v) is 2.43. The van der Waals surface area contributed by atoms with E-state index >= 15 is 0 Å². The van der Waals surface area contributed by atoms with Crippen molar-refractivity contribution in [3.05, 3.63) is 27.1 Å². The number of nitro groups is 1. The molecule has 18 heavy (non-hydrogen) atoms. The minimum Gasteiger partial charge on any atom is -0.308 e. The molecule has 1 atom stereocenters. The molecule has 1 N–H and O–H groups in total. The van der Waals surface area contributed by atoms with Gasteiger partial charge in [0, 0.05) is 30.6 Å². The maximum atomic E-state index is 10.6. The zero-order valence-electron chi connectivity index (χ0n) is 11.3. The molecule has 102 valence electrons. The molecule has 0 spiro atoms. The molecule has 1 unspecified atom stereocenters. The van der Waals surface area contributed by atoms with Crippen LogP contribution in [0, 0.1) is 16.0 Å². The summed E-state index contributed by atoms with van der Waals surface area (Å²) in [5, 5.41) is 16.1. The van der Waals surface area contributed by atoms with Crippen LogP contribution in [0.2, 0.25) is 0 Å². The van der Waals surface area contributed by atoms with Crippen molar-refractivity contribution in [2.45, 2.75) is 26.4 Å². The Bertz CT molecular complexity index is 390. The van der Waals surface area contributed by atoms with E-state index in [2.05, 4.69) is 24.1 Å². The highest BCUT2D eigenvalue weighted by atomic mass is 32.1. The normalized spacial score (nSPS) is 13.2. The highest BCUT2D eigenvalue weighted by Gasteiger charge is 2.15. The fraction of sp³-hybridized carbons (Fsp3) is 0.667. The lowest BCUT2D eigenvalue weighted by atomic mass is 10.0. The van der Waals surface area contributed by atoms with Crippen LogP contribution in [0.4, 0.5) is 5.00 Å². The number of nitrogens with zero attached hydrogens (tertiary/aromatic N) is 2. The predicted molar refractivity (Wildman–Crippen MR) is 75.0 cm³/mol. The summed E-state index contributed by atoms with van der Waals surface area (Å²) in [6.07, 6.45) is 0. The molecule has 1 heterocycles. The predicted octanol–water partition coefficient (Wildman–Crippen LogP) is 2.33. The SMILES string of the molecule is CC(C)C(CN(C)C)NCc1csc([N+](=O)[O-])c1. The van der Waals surface area contributed by atoms with E-state index in [0.717, 1.165) is 12.1 Å². The molecule has 1 aromatic heterocycles. The van der Waals surface area contributed by atoms with Crippen LogP contribution in [0.5, 0.6) is 0 Å². The summed E-state index contributed by atoms with van der Waals surface area (Å²) in [5.74, 6) is 0.529. The molecule has 0 aromatic carbocycles. The van der Waals surface area contributed by atoms with Crippen LogP contribution in [0.3, 0.4) is 0 Å². The molecule has 0 aliphatic rings. The largest absolute Gasteiger partial charge is 0.324 e. The van der Waals surface area contributed by atoms with Crippen molar-refractivity contribution in [1.82, 2.24) is 10.2 Å². The topological polar surface area (TPSA) is 58.4 Å². The fourth-order valence-electron chi connectivity index (χ4n) is 1.70. The quantitative estimate of drug-likeness (QED) is 0.611. The Hall–Kier alpha value is -0.980. The molecule has 0 radical (unpaired) electrons. The number of rotatable bonds is 7. The monoisotopic (exact) mass is 271 g/mol. The van der Waals surface area contributed by atoms with Crippen molar-refractivity contribution >= 4 is 16.3 Å². The summed E-state index contributed by atoms with van der Waals surface area (Å²) in [5.41, 5.74) is 0.983. The second kappa shape index (κ2) is 6.82. The molecule has 1 aromatic rings. The Morgan fingerprint density at radius 3 is 2.61 bits per heavy atom. The zero-order chi connectivity index (χ0) is 13.7. The van der Waals surface area contributed by atoms with Crippen LogP contribution in [0.15, 0.2) is 11.4 Å². The highest BCUT2D eigenvalue weighted by Crippen LogP contribution is 2.22. The first-order chi connectivity index (χ1) is 8.40. The van der Waals surface area contributed by atoms with Crippen LogP contribution in [0.1, 0.15) is 19.4 Å². The van der Waals surface area contributed by atoms with Crippen LogP contribution in [0.25, 0.3) is 0 Å². The van der Waals surface area contributed by atoms with E-state index < -0.39 is 0 Å². The zero-order valence-corrected chi connectivity index (χ0v) is 12.2. The lowest BCUT2D eigenvalue weighted by Gasteiger charge is -2.25. The Morgan fingerprint density at radius 2 is 2.17 bits per heavy atom. The smallest absolute Gasteiger partial charge is 0.308 e. The molecule has 5 nitrogen and oxygen atoms in total. The Morgan fingerprint density at radius 1 is 1.50 bits per heavy atom. The molecule has 0 saturated carbocycles. The molecule has 0 bridgehead atoms. The Labute approximate surface area is 112 Å². The van der Waals surface area contributed by atoms with Gasteiger partial charge in [-0.1, -0.05) is 25.2 Å². The van der Waals surface area contributed by atoms with Gasteiger partial charge in [0.1, 0.15) is 0 Å². The average Bonchev–Trinajstić information content (AvgIpc) is 2.72. The van der Waals surface area contributed by atoms with Crippen LogP contribution in [-0.4, -0.2) is 36.5 Å². The van der Waals surface area contributed by atoms with E-state index in [4.69, 9.17) is 0 Å². The van der Waals surface area contributed by atoms with E-state index in [1.165, 1.54) is 11.3 Å². The molecule has 0 fully saturated rings. The number of likely N-dealkylation sites (N-methyl/N-ethyl adjacent to an activating group) is 1. The minimum absolute atomic E-state index is 0.209. The molecule has 0 amide bonds. The van der Waals surface area contributed by atoms with Crippen molar-refractivity contribution in [2.75, 3.05) is 20.6 Å². The highest BCUT2D eigenvalue weighted by molar-refractivity contribution is 7.13. The summed E-state index contributed by atoms with van der Waals surface area (Å²) in [6, 6.07) is 2.03. The van der Waals surface area contributed by atoms with Crippen LogP contribution in [-0.2, 0) is 6.54 Å². The van der Waals surface area contributed by atoms with Gasteiger partial charge in [-0.2, -0.15) is 0 Å². The number of hydrogen-bond acceptors (Lipinski definition) is 5. The molecular weight excluding hydrogens is 250 g/mol. The van der Waals surface area contributed by atoms with Crippen molar-refractivity contribution < 1.29 is 4.92 Å². The van der Waals surface area contributed by atoms with Gasteiger partial charge < -0.3 is 10.2 Å². The van der Waals surface area contributed by atoms with Gasteiger partial charge in [0.2, 0.25) is 0 Å². The lowest BCUT2D eigenvalue weighted by molar-refractivity contribution is -0.380. The summed E-state index contributed by atoms with van der Waals surface area (Å²) >= 11 is 1.18. The van der Waals surface area contributed by atoms with Crippen molar-refractivity contribution in [3.63, 3.8) is 0 Å². The molecular formula is C12H21N3O2S. The third kappa shape index (κ3) is 4.72. The maximum Gasteiger partial charge on any atom is 0.324 e. The van der Waals surface area contributed by atoms with Crippen LogP contribution < -0.4 is 5.32 Å². The third-order valence-electron chi connectivity index (χ3n) is 2.75. The average molecular weight is 271 g/mol. The van der Waals surface area contributed by atoms with Gasteiger partial charge in [-0.05, 0) is 25.6 Å². The van der Waals surface area contributed by atoms with E-state index in [-0.39, 0.29) is 9.92 Å². The number of hydrogen-bond donors (Lipinski definition) is 1. The Balaban J connectivity index is 2.53. The molecule has 1 rings (SSSR count). The summed E-state index contributed by atoms with van der Waals surface area (Å²) in [7, 11) is 4.10. The second-order valence-electron chi connectivity index (χ2n) is 5.04. The van der Waals surface area contributed by atoms with E-state index in [0.29, 0.717) is 18.5 Å². The Kier molecular flexibility index (Phi) is 5.71. The van der Waals surface area contributed by atoms with Gasteiger partial charge in [0.15, 0.2) is 0 Å². The van der Waals surface area contributed by atoms with Gasteiger partial charge in [-0.25, -0.2) is 0 Å². The molecule has 0 saturated heterocycles. The minimum atomic E-state index is -0.339. The first kappa shape index (κ1) is 15.1. The van der Waals surface area contributed by atoms with E-state index in [9.17, 15) is 10.1 Å². The van der Waals surface area contributed by atoms with Gasteiger partial charge in [-0.15, -0.1) is 0 Å². The summed E-state index contributed by atoms with van der Waals surface area (Å²) in [4.78, 5) is 12.4. The molecule has 0 aliphatic carbocycles. The van der Waals surface area contributed by atoms with Gasteiger partial charge in [-0.3, -0.25) is 10.1 Å². The summed E-state index contributed by atoms with van der Waals surface area (Å²) < 4.78 is 0. The van der Waals surface area contributed by atoms with Crippen molar-refractivity contribution in [1.29, 1.82) is 0 Å². The van der Waals surface area contributed by atoms with Gasteiger partial charge in [0.25, 0.3) is 0 Å². The van der Waals surface area contributed by atoms with Crippen molar-refractivity contribution in [3.8, 4) is 0 Å². The molecule has 0 aliphatic heterocycles. The van der Waals surface area contributed by atoms with Gasteiger partial charge in [0.05, 0.1) is 4.92 Å². The first-order valence-corrected chi connectivity index (χ1v) is 6.88. The van der Waals surface area contributed by atoms with Gasteiger partial charge >= 0.3 is 5.00 Å². The van der Waals surface area contributed by atoms with Crippen LogP contribution >= 0.6 is 11.3 Å². The van der Waals surface area contributed by atoms with E-state index in [1.54, 1.807) is 6.07 Å². The lowest BCUT2D eigenvalue weighted by Crippen LogP contribution is -2.41. The number of nitrogens with one attached hydrogen (secondary N) is 1. The second-order valence-corrected chi connectivity index (χ2v) is 5.93.